The maximum Gasteiger partial charge on any atom is 0.328 e. The van der Waals surface area contributed by atoms with Crippen molar-refractivity contribution < 1.29 is 19.1 Å². The van der Waals surface area contributed by atoms with E-state index >= 15 is 0 Å². The normalized spacial score (nSPS) is 29.1. The van der Waals surface area contributed by atoms with E-state index in [1.807, 2.05) is 24.3 Å². The molecule has 0 aromatic heterocycles. The van der Waals surface area contributed by atoms with E-state index in [-0.39, 0.29) is 25.3 Å². The van der Waals surface area contributed by atoms with Gasteiger partial charge in [0.25, 0.3) is 5.91 Å². The van der Waals surface area contributed by atoms with E-state index in [0.29, 0.717) is 12.5 Å². The van der Waals surface area contributed by atoms with Gasteiger partial charge in [0.05, 0.1) is 6.61 Å². The molecule has 0 spiro atoms. The molecular weight excluding hydrogens is 454 g/mol. The zero-order chi connectivity index (χ0) is 21.6. The minimum atomic E-state index is -0.586. The Hall–Kier alpha value is -2.17. The fourth-order valence-corrected chi connectivity index (χ4v) is 4.80. The van der Waals surface area contributed by atoms with E-state index < -0.39 is 24.2 Å². The van der Waals surface area contributed by atoms with Crippen molar-refractivity contribution in [3.05, 3.63) is 28.7 Å². The molecule has 1 N–H and O–H groups in total. The van der Waals surface area contributed by atoms with Crippen LogP contribution < -0.4 is 10.2 Å². The molecule has 162 valence electrons. The number of halogens is 1. The van der Waals surface area contributed by atoms with E-state index in [2.05, 4.69) is 38.0 Å². The standard InChI is InChI=1S/C20H26BrN5O4/c1-4-30-15(27)11-26-18(28)16-17(23(3)20(26)29)22-19-24(9-12(2)10-25(16)19)14-7-5-13(21)6-8-14/h5-8,12,16-17,19,22H,4,9-11H2,1-3H3. The van der Waals surface area contributed by atoms with Crippen LogP contribution in [-0.2, 0) is 14.3 Å². The molecule has 0 bridgehead atoms. The van der Waals surface area contributed by atoms with Crippen molar-refractivity contribution in [1.82, 2.24) is 20.0 Å². The summed E-state index contributed by atoms with van der Waals surface area (Å²) in [5.74, 6) is -0.632. The third kappa shape index (κ3) is 3.57. The van der Waals surface area contributed by atoms with Crippen LogP contribution in [0.4, 0.5) is 10.5 Å². The van der Waals surface area contributed by atoms with Crippen molar-refractivity contribution in [3.8, 4) is 0 Å². The van der Waals surface area contributed by atoms with Crippen LogP contribution >= 0.6 is 15.9 Å². The summed E-state index contributed by atoms with van der Waals surface area (Å²) in [6, 6.07) is 6.99. The summed E-state index contributed by atoms with van der Waals surface area (Å²) in [5, 5.41) is 3.47. The van der Waals surface area contributed by atoms with E-state index in [0.717, 1.165) is 21.6 Å². The number of nitrogens with zero attached hydrogens (tertiary/aromatic N) is 4. The van der Waals surface area contributed by atoms with Gasteiger partial charge in [0, 0.05) is 30.3 Å². The summed E-state index contributed by atoms with van der Waals surface area (Å²) < 4.78 is 5.95. The van der Waals surface area contributed by atoms with Crippen LogP contribution in [-0.4, -0.2) is 84.4 Å². The molecule has 30 heavy (non-hydrogen) atoms. The Kier molecular flexibility index (Phi) is 5.73. The molecule has 3 heterocycles. The van der Waals surface area contributed by atoms with Crippen LogP contribution in [0.25, 0.3) is 0 Å². The highest BCUT2D eigenvalue weighted by Crippen LogP contribution is 2.34. The number of carbonyl (C=O) groups excluding carboxylic acids is 3. The van der Waals surface area contributed by atoms with Crippen LogP contribution in [0.5, 0.6) is 0 Å². The van der Waals surface area contributed by atoms with Gasteiger partial charge in [-0.3, -0.25) is 24.7 Å². The smallest absolute Gasteiger partial charge is 0.328 e. The first-order valence-corrected chi connectivity index (χ1v) is 10.9. The van der Waals surface area contributed by atoms with E-state index in [1.165, 1.54) is 4.90 Å². The number of amides is 3. The number of hydrogen-bond donors (Lipinski definition) is 1. The molecule has 4 rings (SSSR count). The zero-order valence-corrected chi connectivity index (χ0v) is 18.8. The number of hydrogen-bond acceptors (Lipinski definition) is 7. The number of anilines is 1. The Morgan fingerprint density at radius 2 is 1.93 bits per heavy atom. The fourth-order valence-electron chi connectivity index (χ4n) is 4.53. The van der Waals surface area contributed by atoms with Crippen LogP contribution in [0, 0.1) is 5.92 Å². The Morgan fingerprint density at radius 3 is 2.60 bits per heavy atom. The number of urea groups is 1. The molecule has 4 atom stereocenters. The molecular formula is C20H26BrN5O4. The van der Waals surface area contributed by atoms with Crippen molar-refractivity contribution in [3.63, 3.8) is 0 Å². The summed E-state index contributed by atoms with van der Waals surface area (Å²) in [6.07, 6.45) is -0.684. The van der Waals surface area contributed by atoms with Crippen molar-refractivity contribution in [2.75, 3.05) is 38.2 Å². The molecule has 3 saturated heterocycles. The highest BCUT2D eigenvalue weighted by atomic mass is 79.9. The number of imide groups is 1. The first-order valence-electron chi connectivity index (χ1n) is 10.1. The number of rotatable bonds is 4. The number of esters is 1. The first kappa shape index (κ1) is 21.1. The maximum absolute atomic E-state index is 13.3. The number of ether oxygens (including phenoxy) is 1. The van der Waals surface area contributed by atoms with E-state index in [4.69, 9.17) is 4.74 Å². The number of nitrogens with one attached hydrogen (secondary N) is 1. The average Bonchev–Trinajstić information content (AvgIpc) is 3.09. The molecule has 0 saturated carbocycles. The number of benzene rings is 1. The largest absolute Gasteiger partial charge is 0.465 e. The van der Waals surface area contributed by atoms with Gasteiger partial charge in [0.2, 0.25) is 0 Å². The predicted molar refractivity (Wildman–Crippen MR) is 113 cm³/mol. The van der Waals surface area contributed by atoms with Gasteiger partial charge >= 0.3 is 12.0 Å². The molecule has 3 fully saturated rings. The number of likely N-dealkylation sites (N-methyl/N-ethyl adjacent to an activating group) is 1. The molecule has 10 heteroatoms. The van der Waals surface area contributed by atoms with Crippen LogP contribution in [0.2, 0.25) is 0 Å². The van der Waals surface area contributed by atoms with Crippen LogP contribution in [0.1, 0.15) is 13.8 Å². The van der Waals surface area contributed by atoms with Gasteiger partial charge in [-0.15, -0.1) is 0 Å². The van der Waals surface area contributed by atoms with Gasteiger partial charge in [0.1, 0.15) is 25.0 Å². The molecule has 4 unspecified atom stereocenters. The first-order chi connectivity index (χ1) is 14.3. The van der Waals surface area contributed by atoms with Crippen molar-refractivity contribution in [1.29, 1.82) is 0 Å². The van der Waals surface area contributed by atoms with Crippen molar-refractivity contribution in [2.24, 2.45) is 5.92 Å². The zero-order valence-electron chi connectivity index (χ0n) is 17.2. The topological polar surface area (TPSA) is 85.4 Å². The molecule has 1 aromatic rings. The summed E-state index contributed by atoms with van der Waals surface area (Å²) in [6.45, 7) is 5.21. The molecule has 9 nitrogen and oxygen atoms in total. The second kappa shape index (κ2) is 8.16. The second-order valence-corrected chi connectivity index (χ2v) is 8.90. The van der Waals surface area contributed by atoms with Crippen LogP contribution in [0.3, 0.4) is 0 Å². The maximum atomic E-state index is 13.3. The van der Waals surface area contributed by atoms with Gasteiger partial charge in [-0.25, -0.2) is 4.79 Å². The quantitative estimate of drug-likeness (QED) is 0.650. The van der Waals surface area contributed by atoms with Gasteiger partial charge in [-0.1, -0.05) is 22.9 Å². The Labute approximate surface area is 184 Å². The molecule has 0 aliphatic carbocycles. The van der Waals surface area contributed by atoms with Crippen molar-refractivity contribution >= 4 is 39.5 Å². The summed E-state index contributed by atoms with van der Waals surface area (Å²) in [4.78, 5) is 45.0. The Morgan fingerprint density at radius 1 is 1.23 bits per heavy atom. The highest BCUT2D eigenvalue weighted by molar-refractivity contribution is 9.10. The average molecular weight is 480 g/mol. The highest BCUT2D eigenvalue weighted by Gasteiger charge is 2.57. The third-order valence-electron chi connectivity index (χ3n) is 5.84. The lowest BCUT2D eigenvalue weighted by Crippen LogP contribution is -2.67. The molecule has 3 aliphatic rings. The summed E-state index contributed by atoms with van der Waals surface area (Å²) >= 11 is 3.47. The van der Waals surface area contributed by atoms with E-state index in [9.17, 15) is 14.4 Å². The van der Waals surface area contributed by atoms with Gasteiger partial charge in [0.15, 0.2) is 0 Å². The molecule has 0 radical (unpaired) electrons. The summed E-state index contributed by atoms with van der Waals surface area (Å²) in [5.41, 5.74) is 1.04. The minimum Gasteiger partial charge on any atom is -0.465 e. The lowest BCUT2D eigenvalue weighted by molar-refractivity contribution is -0.151. The SMILES string of the molecule is CCOC(=O)CN1C(=O)C2C(NC3N(c4ccc(Br)cc4)CC(C)CN23)N(C)C1=O. The molecule has 1 aromatic carbocycles. The van der Waals surface area contributed by atoms with Gasteiger partial charge in [-0.05, 0) is 37.1 Å². The predicted octanol–water partition coefficient (Wildman–Crippen LogP) is 1.25. The van der Waals surface area contributed by atoms with E-state index in [1.54, 1.807) is 14.0 Å². The minimum absolute atomic E-state index is 0.201. The van der Waals surface area contributed by atoms with Gasteiger partial charge in [-0.2, -0.15) is 0 Å². The fraction of sp³-hybridized carbons (Fsp3) is 0.550. The van der Waals surface area contributed by atoms with Crippen molar-refractivity contribution in [2.45, 2.75) is 32.3 Å². The monoisotopic (exact) mass is 479 g/mol. The Balaban J connectivity index is 1.63. The summed E-state index contributed by atoms with van der Waals surface area (Å²) in [7, 11) is 1.66. The third-order valence-corrected chi connectivity index (χ3v) is 6.36. The lowest BCUT2D eigenvalue weighted by Gasteiger charge is -2.45. The van der Waals surface area contributed by atoms with Gasteiger partial charge < -0.3 is 14.5 Å². The number of fused-ring (bicyclic) bond motifs is 3. The van der Waals surface area contributed by atoms with Crippen LogP contribution in [0.15, 0.2) is 28.7 Å². The molecule has 3 aliphatic heterocycles. The lowest BCUT2D eigenvalue weighted by atomic mass is 10.0. The molecule has 3 amide bonds. The Bertz CT molecular complexity index is 850. The number of carbonyl (C=O) groups is 3. The second-order valence-electron chi connectivity index (χ2n) is 7.98.